The Kier molecular flexibility index (Phi) is 4.45. The second-order valence-electron chi connectivity index (χ2n) is 4.53. The van der Waals surface area contributed by atoms with Gasteiger partial charge in [0.05, 0.1) is 6.20 Å². The fourth-order valence-electron chi connectivity index (χ4n) is 1.77. The van der Waals surface area contributed by atoms with E-state index in [1.165, 1.54) is 6.07 Å². The lowest BCUT2D eigenvalue weighted by molar-refractivity contribution is 0.609. The first-order valence-corrected chi connectivity index (χ1v) is 6.25. The monoisotopic (exact) mass is 278 g/mol. The Morgan fingerprint density at radius 3 is 2.60 bits per heavy atom. The van der Waals surface area contributed by atoms with Gasteiger partial charge in [-0.1, -0.05) is 18.2 Å². The van der Waals surface area contributed by atoms with Crippen LogP contribution in [0.25, 0.3) is 0 Å². The van der Waals surface area contributed by atoms with E-state index in [-0.39, 0.29) is 11.6 Å². The van der Waals surface area contributed by atoms with Crippen LogP contribution in [-0.4, -0.2) is 30.6 Å². The number of rotatable bonds is 5. The van der Waals surface area contributed by atoms with Crippen LogP contribution in [0.4, 0.5) is 20.5 Å². The van der Waals surface area contributed by atoms with Crippen molar-refractivity contribution >= 4 is 11.8 Å². The molecule has 106 valence electrons. The van der Waals surface area contributed by atoms with Crippen LogP contribution in [0.3, 0.4) is 0 Å². The first kappa shape index (κ1) is 14.2. The third-order valence-corrected chi connectivity index (χ3v) is 2.78. The molecule has 1 aromatic heterocycles. The predicted octanol–water partition coefficient (Wildman–Crippen LogP) is 2.48. The van der Waals surface area contributed by atoms with Crippen molar-refractivity contribution in [2.75, 3.05) is 30.9 Å². The molecule has 2 aromatic rings. The molecule has 0 spiro atoms. The summed E-state index contributed by atoms with van der Waals surface area (Å²) >= 11 is 0. The van der Waals surface area contributed by atoms with Crippen molar-refractivity contribution in [2.45, 2.75) is 6.42 Å². The SMILES string of the molecule is CN(C)c1nc(NCCc2ccccc2F)ncc1F. The van der Waals surface area contributed by atoms with Gasteiger partial charge >= 0.3 is 0 Å². The lowest BCUT2D eigenvalue weighted by Gasteiger charge is -2.13. The van der Waals surface area contributed by atoms with E-state index in [0.29, 0.717) is 24.5 Å². The molecule has 1 N–H and O–H groups in total. The molecule has 0 aliphatic carbocycles. The molecule has 0 unspecified atom stereocenters. The average Bonchev–Trinajstić information content (AvgIpc) is 2.42. The number of nitrogens with zero attached hydrogens (tertiary/aromatic N) is 3. The lowest BCUT2D eigenvalue weighted by Crippen LogP contribution is -2.16. The molecule has 20 heavy (non-hydrogen) atoms. The van der Waals surface area contributed by atoms with E-state index in [1.807, 2.05) is 0 Å². The first-order valence-electron chi connectivity index (χ1n) is 6.25. The van der Waals surface area contributed by atoms with Crippen molar-refractivity contribution < 1.29 is 8.78 Å². The Morgan fingerprint density at radius 1 is 1.15 bits per heavy atom. The van der Waals surface area contributed by atoms with Crippen molar-refractivity contribution in [3.8, 4) is 0 Å². The van der Waals surface area contributed by atoms with Gasteiger partial charge in [-0.15, -0.1) is 0 Å². The Labute approximate surface area is 116 Å². The molecule has 0 fully saturated rings. The van der Waals surface area contributed by atoms with E-state index in [1.54, 1.807) is 37.2 Å². The van der Waals surface area contributed by atoms with E-state index in [0.717, 1.165) is 6.20 Å². The van der Waals surface area contributed by atoms with Gasteiger partial charge in [-0.25, -0.2) is 13.8 Å². The third-order valence-electron chi connectivity index (χ3n) is 2.78. The van der Waals surface area contributed by atoms with Crippen LogP contribution in [0.15, 0.2) is 30.5 Å². The molecule has 0 atom stereocenters. The third kappa shape index (κ3) is 3.40. The Morgan fingerprint density at radius 2 is 1.90 bits per heavy atom. The molecule has 1 heterocycles. The number of hydrogen-bond acceptors (Lipinski definition) is 4. The molecule has 0 saturated heterocycles. The number of halogens is 2. The van der Waals surface area contributed by atoms with Crippen molar-refractivity contribution in [3.05, 3.63) is 47.7 Å². The summed E-state index contributed by atoms with van der Waals surface area (Å²) in [6, 6.07) is 6.59. The fraction of sp³-hybridized carbons (Fsp3) is 0.286. The van der Waals surface area contributed by atoms with Crippen LogP contribution in [-0.2, 0) is 6.42 Å². The van der Waals surface area contributed by atoms with Gasteiger partial charge < -0.3 is 10.2 Å². The summed E-state index contributed by atoms with van der Waals surface area (Å²) in [7, 11) is 3.41. The summed E-state index contributed by atoms with van der Waals surface area (Å²) in [5, 5.41) is 2.96. The van der Waals surface area contributed by atoms with Gasteiger partial charge in [0.25, 0.3) is 0 Å². The van der Waals surface area contributed by atoms with Gasteiger partial charge in [-0.2, -0.15) is 4.98 Å². The molecular weight excluding hydrogens is 262 g/mol. The van der Waals surface area contributed by atoms with Crippen LogP contribution in [0, 0.1) is 11.6 Å². The number of benzene rings is 1. The van der Waals surface area contributed by atoms with Gasteiger partial charge in [0, 0.05) is 20.6 Å². The average molecular weight is 278 g/mol. The molecule has 0 radical (unpaired) electrons. The van der Waals surface area contributed by atoms with Gasteiger partial charge in [0.2, 0.25) is 5.95 Å². The minimum absolute atomic E-state index is 0.216. The summed E-state index contributed by atoms with van der Waals surface area (Å²) in [6.45, 7) is 0.472. The molecular formula is C14H16F2N4. The molecule has 0 bridgehead atoms. The predicted molar refractivity (Wildman–Crippen MR) is 74.9 cm³/mol. The summed E-state index contributed by atoms with van der Waals surface area (Å²) in [5.74, 6) is -0.169. The molecule has 0 amide bonds. The normalized spacial score (nSPS) is 10.4. The zero-order chi connectivity index (χ0) is 14.5. The topological polar surface area (TPSA) is 41.1 Å². The Bertz CT molecular complexity index is 587. The van der Waals surface area contributed by atoms with Crippen molar-refractivity contribution in [1.29, 1.82) is 0 Å². The van der Waals surface area contributed by atoms with Gasteiger partial charge in [0.15, 0.2) is 11.6 Å². The minimum atomic E-state index is -0.477. The number of anilines is 2. The van der Waals surface area contributed by atoms with Gasteiger partial charge in [0.1, 0.15) is 5.82 Å². The zero-order valence-corrected chi connectivity index (χ0v) is 11.4. The highest BCUT2D eigenvalue weighted by atomic mass is 19.1. The maximum absolute atomic E-state index is 13.4. The van der Waals surface area contributed by atoms with Crippen LogP contribution in [0.5, 0.6) is 0 Å². The highest BCUT2D eigenvalue weighted by Crippen LogP contribution is 2.14. The van der Waals surface area contributed by atoms with E-state index in [2.05, 4.69) is 15.3 Å². The zero-order valence-electron chi connectivity index (χ0n) is 11.4. The first-order chi connectivity index (χ1) is 9.58. The van der Waals surface area contributed by atoms with Crippen LogP contribution >= 0.6 is 0 Å². The van der Waals surface area contributed by atoms with Gasteiger partial charge in [-0.05, 0) is 18.1 Å². The molecule has 1 aromatic carbocycles. The second kappa shape index (κ2) is 6.27. The number of aromatic nitrogens is 2. The van der Waals surface area contributed by atoms with Crippen molar-refractivity contribution in [1.82, 2.24) is 9.97 Å². The summed E-state index contributed by atoms with van der Waals surface area (Å²) in [4.78, 5) is 9.49. The number of hydrogen-bond donors (Lipinski definition) is 1. The van der Waals surface area contributed by atoms with Crippen LogP contribution in [0.2, 0.25) is 0 Å². The summed E-state index contributed by atoms with van der Waals surface area (Å²) in [5.41, 5.74) is 0.620. The highest BCUT2D eigenvalue weighted by molar-refractivity contribution is 5.42. The molecule has 0 aliphatic rings. The Balaban J connectivity index is 1.98. The smallest absolute Gasteiger partial charge is 0.224 e. The van der Waals surface area contributed by atoms with Crippen LogP contribution in [0.1, 0.15) is 5.56 Å². The van der Waals surface area contributed by atoms with Crippen LogP contribution < -0.4 is 10.2 Å². The maximum atomic E-state index is 13.4. The minimum Gasteiger partial charge on any atom is -0.360 e. The quantitative estimate of drug-likeness (QED) is 0.912. The lowest BCUT2D eigenvalue weighted by atomic mass is 10.1. The number of nitrogens with one attached hydrogen (secondary N) is 1. The van der Waals surface area contributed by atoms with E-state index in [4.69, 9.17) is 0 Å². The molecule has 4 nitrogen and oxygen atoms in total. The molecule has 6 heteroatoms. The highest BCUT2D eigenvalue weighted by Gasteiger charge is 2.08. The van der Waals surface area contributed by atoms with Crippen molar-refractivity contribution in [2.24, 2.45) is 0 Å². The largest absolute Gasteiger partial charge is 0.360 e. The summed E-state index contributed by atoms with van der Waals surface area (Å²) < 4.78 is 26.8. The van der Waals surface area contributed by atoms with E-state index in [9.17, 15) is 8.78 Å². The second-order valence-corrected chi connectivity index (χ2v) is 4.53. The molecule has 2 rings (SSSR count). The summed E-state index contributed by atoms with van der Waals surface area (Å²) in [6.07, 6.45) is 1.62. The fourth-order valence-corrected chi connectivity index (χ4v) is 1.77. The van der Waals surface area contributed by atoms with Gasteiger partial charge in [-0.3, -0.25) is 0 Å². The van der Waals surface area contributed by atoms with Crippen molar-refractivity contribution in [3.63, 3.8) is 0 Å². The van der Waals surface area contributed by atoms with E-state index < -0.39 is 5.82 Å². The maximum Gasteiger partial charge on any atom is 0.224 e. The molecule has 0 aliphatic heterocycles. The molecule has 0 saturated carbocycles. The standard InChI is InChI=1S/C14H16F2N4/c1-20(2)13-12(16)9-18-14(19-13)17-8-7-10-5-3-4-6-11(10)15/h3-6,9H,7-8H2,1-2H3,(H,17,18,19). The van der Waals surface area contributed by atoms with E-state index >= 15 is 0 Å². The Hall–Kier alpha value is -2.24.